The largest absolute Gasteiger partial charge is 0.335 e. The molecule has 1 amide bonds. The molecule has 0 atom stereocenters. The van der Waals surface area contributed by atoms with Gasteiger partial charge >= 0.3 is 0 Å². The summed E-state index contributed by atoms with van der Waals surface area (Å²) in [5.41, 5.74) is 4.21. The van der Waals surface area contributed by atoms with Gasteiger partial charge in [0, 0.05) is 39.2 Å². The van der Waals surface area contributed by atoms with Gasteiger partial charge in [0.2, 0.25) is 5.91 Å². The Morgan fingerprint density at radius 1 is 1.08 bits per heavy atom. The lowest BCUT2D eigenvalue weighted by Crippen LogP contribution is -2.13. The molecule has 6 aromatic heterocycles. The lowest BCUT2D eigenvalue weighted by Gasteiger charge is -2.07. The fourth-order valence-electron chi connectivity index (χ4n) is 4.38. The molecule has 1 saturated carbocycles. The number of imidazole rings is 1. The highest BCUT2D eigenvalue weighted by atomic mass is 32.1. The number of pyridine rings is 3. The number of rotatable bonds is 5. The predicted octanol–water partition coefficient (Wildman–Crippen LogP) is 5.48. The number of amides is 1. The summed E-state index contributed by atoms with van der Waals surface area (Å²) >= 11 is 1.66. The monoisotopic (exact) mass is 510 g/mol. The molecule has 0 saturated heterocycles. The van der Waals surface area contributed by atoms with Gasteiger partial charge in [-0.15, -0.1) is 11.3 Å². The third kappa shape index (κ3) is 3.75. The predicted molar refractivity (Wildman–Crippen MR) is 139 cm³/mol. The normalized spacial score (nSPS) is 13.5. The van der Waals surface area contributed by atoms with Gasteiger partial charge in [0.15, 0.2) is 11.6 Å². The fourth-order valence-corrected chi connectivity index (χ4v) is 5.26. The molecular weight excluding hydrogens is 491 g/mol. The maximum absolute atomic E-state index is 16.0. The Morgan fingerprint density at radius 2 is 1.95 bits per heavy atom. The summed E-state index contributed by atoms with van der Waals surface area (Å²) in [5, 5.41) is 10.3. The Bertz CT molecular complexity index is 1830. The van der Waals surface area contributed by atoms with Crippen molar-refractivity contribution >= 4 is 44.9 Å². The fraction of sp³-hybridized carbons (Fsp3) is 0.154. The van der Waals surface area contributed by atoms with Gasteiger partial charge in [-0.2, -0.15) is 5.10 Å². The molecule has 1 aliphatic rings. The second-order valence-electron chi connectivity index (χ2n) is 9.09. The first-order valence-electron chi connectivity index (χ1n) is 11.7. The highest BCUT2D eigenvalue weighted by molar-refractivity contribution is 7.15. The Labute approximate surface area is 213 Å². The van der Waals surface area contributed by atoms with Crippen LogP contribution >= 0.6 is 11.3 Å². The first-order valence-corrected chi connectivity index (χ1v) is 12.6. The van der Waals surface area contributed by atoms with Crippen LogP contribution in [0.5, 0.6) is 0 Å². The summed E-state index contributed by atoms with van der Waals surface area (Å²) in [4.78, 5) is 35.3. The maximum Gasteiger partial charge on any atom is 0.227 e. The molecule has 0 bridgehead atoms. The number of carbonyl (C=O) groups is 1. The molecule has 0 aromatic carbocycles. The van der Waals surface area contributed by atoms with E-state index in [1.807, 2.05) is 13.0 Å². The Morgan fingerprint density at radius 3 is 2.76 bits per heavy atom. The van der Waals surface area contributed by atoms with E-state index < -0.39 is 5.82 Å². The number of anilines is 1. The van der Waals surface area contributed by atoms with E-state index in [4.69, 9.17) is 4.98 Å². The van der Waals surface area contributed by atoms with Crippen LogP contribution in [0.1, 0.15) is 17.7 Å². The van der Waals surface area contributed by atoms with E-state index in [-0.39, 0.29) is 22.9 Å². The number of halogens is 1. The van der Waals surface area contributed by atoms with E-state index in [0.29, 0.717) is 28.3 Å². The highest BCUT2D eigenvalue weighted by Gasteiger charge is 2.29. The van der Waals surface area contributed by atoms with Crippen molar-refractivity contribution in [3.63, 3.8) is 0 Å². The number of thiophene rings is 1. The highest BCUT2D eigenvalue weighted by Crippen LogP contribution is 2.36. The van der Waals surface area contributed by atoms with Crippen LogP contribution in [0, 0.1) is 18.7 Å². The first-order chi connectivity index (χ1) is 18.0. The SMILES string of the molecule is Cc1ccc(-c2cncc3[nH]c(-c4n[nH]c5cnc(-c6cncc(NC(=O)C7CC7)c6)c(F)c45)nc23)s1. The van der Waals surface area contributed by atoms with Gasteiger partial charge in [-0.05, 0) is 38.0 Å². The second kappa shape index (κ2) is 8.27. The molecule has 9 nitrogen and oxygen atoms in total. The van der Waals surface area contributed by atoms with E-state index in [2.05, 4.69) is 41.5 Å². The Balaban J connectivity index is 1.32. The molecule has 37 heavy (non-hydrogen) atoms. The number of hydrogen-bond donors (Lipinski definition) is 3. The third-order valence-electron chi connectivity index (χ3n) is 6.40. The summed E-state index contributed by atoms with van der Waals surface area (Å²) < 4.78 is 16.0. The quantitative estimate of drug-likeness (QED) is 0.282. The Kier molecular flexibility index (Phi) is 4.86. The molecule has 6 aromatic rings. The van der Waals surface area contributed by atoms with Crippen LogP contribution in [0.4, 0.5) is 10.1 Å². The van der Waals surface area contributed by atoms with Crippen LogP contribution in [0.25, 0.3) is 55.2 Å². The van der Waals surface area contributed by atoms with E-state index in [1.54, 1.807) is 36.0 Å². The molecular formula is C26H19FN8OS. The van der Waals surface area contributed by atoms with Crippen molar-refractivity contribution in [1.82, 2.24) is 35.1 Å². The van der Waals surface area contributed by atoms with Crippen molar-refractivity contribution in [1.29, 1.82) is 0 Å². The minimum absolute atomic E-state index is 0.0450. The number of nitrogens with zero attached hydrogens (tertiary/aromatic N) is 5. The summed E-state index contributed by atoms with van der Waals surface area (Å²) in [6, 6.07) is 5.77. The number of hydrogen-bond acceptors (Lipinski definition) is 7. The van der Waals surface area contributed by atoms with Crippen molar-refractivity contribution in [3.8, 4) is 33.2 Å². The topological polar surface area (TPSA) is 125 Å². The zero-order valence-corrected chi connectivity index (χ0v) is 20.4. The van der Waals surface area contributed by atoms with Crippen LogP contribution in [0.3, 0.4) is 0 Å². The number of aryl methyl sites for hydroxylation is 1. The molecule has 1 fully saturated rings. The Hall–Kier alpha value is -4.51. The van der Waals surface area contributed by atoms with Crippen molar-refractivity contribution in [2.75, 3.05) is 5.32 Å². The summed E-state index contributed by atoms with van der Waals surface area (Å²) in [7, 11) is 0. The number of aromatic nitrogens is 7. The van der Waals surface area contributed by atoms with Crippen LogP contribution in [-0.4, -0.2) is 41.0 Å². The minimum Gasteiger partial charge on any atom is -0.335 e. The average molecular weight is 511 g/mol. The van der Waals surface area contributed by atoms with Gasteiger partial charge in [0.1, 0.15) is 16.9 Å². The van der Waals surface area contributed by atoms with Gasteiger partial charge in [-0.3, -0.25) is 24.8 Å². The summed E-state index contributed by atoms with van der Waals surface area (Å²) in [6.07, 6.45) is 9.85. The zero-order valence-electron chi connectivity index (χ0n) is 19.5. The first kappa shape index (κ1) is 21.7. The average Bonchev–Trinajstić information content (AvgIpc) is 3.29. The number of H-pyrrole nitrogens is 2. The van der Waals surface area contributed by atoms with Crippen LogP contribution < -0.4 is 5.32 Å². The second-order valence-corrected chi connectivity index (χ2v) is 10.4. The number of fused-ring (bicyclic) bond motifs is 2. The van der Waals surface area contributed by atoms with E-state index >= 15 is 4.39 Å². The van der Waals surface area contributed by atoms with E-state index in [0.717, 1.165) is 34.3 Å². The van der Waals surface area contributed by atoms with Crippen LogP contribution in [-0.2, 0) is 4.79 Å². The van der Waals surface area contributed by atoms with E-state index in [9.17, 15) is 4.79 Å². The van der Waals surface area contributed by atoms with Crippen molar-refractivity contribution < 1.29 is 9.18 Å². The standard InChI is InChI=1S/C26H19FN8OS/c1-12-2-5-19(37-12)16-9-29-10-18-23(16)33-25(32-18)24-20-17(34-35-24)11-30-22(21(20)27)14-6-15(8-28-7-14)31-26(36)13-3-4-13/h2,5-11,13H,3-4H2,1H3,(H,31,36)(H,32,33)(H,34,35). The lowest BCUT2D eigenvalue weighted by molar-refractivity contribution is -0.117. The number of aromatic amines is 2. The minimum atomic E-state index is -0.554. The van der Waals surface area contributed by atoms with Crippen molar-refractivity contribution in [3.05, 3.63) is 59.9 Å². The summed E-state index contributed by atoms with van der Waals surface area (Å²) in [6.45, 7) is 2.05. The maximum atomic E-state index is 16.0. The van der Waals surface area contributed by atoms with Crippen LogP contribution in [0.15, 0.2) is 49.2 Å². The number of nitrogens with one attached hydrogen (secondary N) is 3. The molecule has 11 heteroatoms. The number of carbonyl (C=O) groups excluding carboxylic acids is 1. The molecule has 0 spiro atoms. The van der Waals surface area contributed by atoms with Crippen molar-refractivity contribution in [2.24, 2.45) is 5.92 Å². The zero-order chi connectivity index (χ0) is 25.1. The van der Waals surface area contributed by atoms with Gasteiger partial charge in [-0.25, -0.2) is 9.37 Å². The molecule has 6 heterocycles. The molecule has 182 valence electrons. The molecule has 0 radical (unpaired) electrons. The van der Waals surface area contributed by atoms with Gasteiger partial charge in [-0.1, -0.05) is 0 Å². The summed E-state index contributed by atoms with van der Waals surface area (Å²) in [5.74, 6) is -0.132. The molecule has 1 aliphatic carbocycles. The van der Waals surface area contributed by atoms with Gasteiger partial charge in [0.05, 0.1) is 40.7 Å². The van der Waals surface area contributed by atoms with Gasteiger partial charge < -0.3 is 10.3 Å². The van der Waals surface area contributed by atoms with E-state index in [1.165, 1.54) is 17.3 Å². The third-order valence-corrected chi connectivity index (χ3v) is 7.43. The smallest absolute Gasteiger partial charge is 0.227 e. The van der Waals surface area contributed by atoms with Crippen molar-refractivity contribution in [2.45, 2.75) is 19.8 Å². The molecule has 0 aliphatic heterocycles. The van der Waals surface area contributed by atoms with Crippen LogP contribution in [0.2, 0.25) is 0 Å². The lowest BCUT2D eigenvalue weighted by atomic mass is 10.1. The molecule has 0 unspecified atom stereocenters. The van der Waals surface area contributed by atoms with Gasteiger partial charge in [0.25, 0.3) is 0 Å². The molecule has 3 N–H and O–H groups in total. The molecule has 7 rings (SSSR count).